The highest BCUT2D eigenvalue weighted by Gasteiger charge is 2.24. The molecule has 1 aliphatic rings. The van der Waals surface area contributed by atoms with Crippen LogP contribution in [0.4, 0.5) is 11.4 Å². The lowest BCUT2D eigenvalue weighted by Crippen LogP contribution is -2.19. The number of hydrogen-bond donors (Lipinski definition) is 1. The molecule has 190 valence electrons. The van der Waals surface area contributed by atoms with Gasteiger partial charge in [0.2, 0.25) is 0 Å². The van der Waals surface area contributed by atoms with Gasteiger partial charge >= 0.3 is 0 Å². The summed E-state index contributed by atoms with van der Waals surface area (Å²) in [4.78, 5) is 30.1. The smallest absolute Gasteiger partial charge is 0.269 e. The number of nitrogens with zero attached hydrogens (tertiary/aromatic N) is 3. The second-order valence-corrected chi connectivity index (χ2v) is 11.1. The van der Waals surface area contributed by atoms with E-state index >= 15 is 0 Å². The number of rotatable bonds is 6. The molecule has 1 N–H and O–H groups in total. The third-order valence-electron chi connectivity index (χ3n) is 5.82. The first-order chi connectivity index (χ1) is 18.3. The summed E-state index contributed by atoms with van der Waals surface area (Å²) < 4.78 is 2.14. The largest absolute Gasteiger partial charge is 0.318 e. The Bertz CT molecular complexity index is 1610. The van der Waals surface area contributed by atoms with E-state index in [4.69, 9.17) is 11.6 Å². The lowest BCUT2D eigenvalue weighted by Gasteiger charge is -2.11. The number of aliphatic imine (C=N–C) groups is 1. The van der Waals surface area contributed by atoms with Crippen molar-refractivity contribution < 1.29 is 9.72 Å². The Morgan fingerprint density at radius 2 is 1.71 bits per heavy atom. The lowest BCUT2D eigenvalue weighted by molar-refractivity contribution is -0.384. The number of carbonyl (C=O) groups is 1. The van der Waals surface area contributed by atoms with Gasteiger partial charge in [0.15, 0.2) is 5.17 Å². The molecule has 1 aromatic heterocycles. The summed E-state index contributed by atoms with van der Waals surface area (Å²) in [6.07, 6.45) is 1.89. The summed E-state index contributed by atoms with van der Waals surface area (Å²) in [7, 11) is 0. The maximum absolute atomic E-state index is 12.6. The molecule has 0 saturated carbocycles. The molecule has 1 saturated heterocycles. The molecule has 1 amide bonds. The zero-order chi connectivity index (χ0) is 26.8. The van der Waals surface area contributed by atoms with Gasteiger partial charge in [0, 0.05) is 44.0 Å². The van der Waals surface area contributed by atoms with Crippen LogP contribution < -0.4 is 5.32 Å². The molecule has 0 bridgehead atoms. The van der Waals surface area contributed by atoms with Crippen molar-refractivity contribution in [3.63, 3.8) is 0 Å². The molecular formula is C28H21ClN4O3S2. The Balaban J connectivity index is 1.34. The van der Waals surface area contributed by atoms with Gasteiger partial charge in [-0.1, -0.05) is 29.4 Å². The molecule has 4 aromatic rings. The van der Waals surface area contributed by atoms with Gasteiger partial charge in [-0.05, 0) is 97.9 Å². The van der Waals surface area contributed by atoms with E-state index in [0.717, 1.165) is 32.4 Å². The summed E-state index contributed by atoms with van der Waals surface area (Å²) in [6.45, 7) is 4.06. The quantitative estimate of drug-likeness (QED) is 0.148. The molecule has 1 aliphatic heterocycles. The zero-order valence-corrected chi connectivity index (χ0v) is 22.7. The number of halogens is 1. The van der Waals surface area contributed by atoms with Crippen molar-refractivity contribution in [2.24, 2.45) is 4.99 Å². The molecule has 3 aromatic carbocycles. The number of amides is 1. The number of hydrogen-bond acceptors (Lipinski definition) is 6. The first kappa shape index (κ1) is 25.8. The van der Waals surface area contributed by atoms with Crippen LogP contribution in [0.1, 0.15) is 17.0 Å². The van der Waals surface area contributed by atoms with Crippen molar-refractivity contribution in [3.05, 3.63) is 116 Å². The van der Waals surface area contributed by atoms with Gasteiger partial charge < -0.3 is 9.88 Å². The summed E-state index contributed by atoms with van der Waals surface area (Å²) in [5.41, 5.74) is 4.76. The molecule has 0 aliphatic carbocycles. The minimum absolute atomic E-state index is 0.0760. The molecule has 0 radical (unpaired) electrons. The summed E-state index contributed by atoms with van der Waals surface area (Å²) >= 11 is 8.88. The van der Waals surface area contributed by atoms with Crippen LogP contribution in [0.15, 0.2) is 98.6 Å². The maximum atomic E-state index is 12.6. The first-order valence-corrected chi connectivity index (χ1v) is 13.5. The first-order valence-electron chi connectivity index (χ1n) is 11.5. The third-order valence-corrected chi connectivity index (χ3v) is 7.99. The maximum Gasteiger partial charge on any atom is 0.269 e. The van der Waals surface area contributed by atoms with E-state index in [1.807, 2.05) is 56.3 Å². The minimum Gasteiger partial charge on any atom is -0.318 e. The Morgan fingerprint density at radius 1 is 1.03 bits per heavy atom. The number of amidine groups is 1. The number of nitrogens with one attached hydrogen (secondary N) is 1. The van der Waals surface area contributed by atoms with Gasteiger partial charge in [0.25, 0.3) is 11.6 Å². The lowest BCUT2D eigenvalue weighted by atomic mass is 10.2. The van der Waals surface area contributed by atoms with Crippen molar-refractivity contribution >= 4 is 63.7 Å². The number of non-ortho nitro benzene ring substituents is 1. The standard InChI is InChI=1S/C28H21ClN4O3S2/c1-17-14-19(15-26-27(34)31-28(38-26)30-21-5-3-4-20(29)16-21)18(2)32(17)22-6-10-24(11-7-22)37-25-12-8-23(9-13-25)33(35)36/h3-16H,1-2H3,(H,30,31,34)/b26-15+. The van der Waals surface area contributed by atoms with E-state index in [1.165, 1.54) is 23.9 Å². The van der Waals surface area contributed by atoms with Crippen LogP contribution in [-0.2, 0) is 4.79 Å². The van der Waals surface area contributed by atoms with Gasteiger partial charge in [-0.15, -0.1) is 0 Å². The van der Waals surface area contributed by atoms with E-state index in [1.54, 1.807) is 36.0 Å². The van der Waals surface area contributed by atoms with Crippen LogP contribution >= 0.6 is 35.1 Å². The summed E-state index contributed by atoms with van der Waals surface area (Å²) in [6, 6.07) is 23.9. The molecule has 0 spiro atoms. The predicted octanol–water partition coefficient (Wildman–Crippen LogP) is 7.70. The van der Waals surface area contributed by atoms with E-state index < -0.39 is 4.92 Å². The van der Waals surface area contributed by atoms with E-state index in [-0.39, 0.29) is 11.6 Å². The number of carbonyl (C=O) groups excluding carboxylic acids is 1. The van der Waals surface area contributed by atoms with Gasteiger partial charge in [-0.25, -0.2) is 4.99 Å². The zero-order valence-electron chi connectivity index (χ0n) is 20.3. The third kappa shape index (κ3) is 5.70. The number of thioether (sulfide) groups is 1. The number of aryl methyl sites for hydroxylation is 1. The van der Waals surface area contributed by atoms with Crippen molar-refractivity contribution in [1.29, 1.82) is 0 Å². The average molecular weight is 561 g/mol. The molecule has 0 unspecified atom stereocenters. The van der Waals surface area contributed by atoms with Gasteiger partial charge in [0.05, 0.1) is 15.5 Å². The van der Waals surface area contributed by atoms with Crippen LogP contribution in [0, 0.1) is 24.0 Å². The fourth-order valence-corrected chi connectivity index (χ4v) is 5.88. The normalized spacial score (nSPS) is 15.3. The van der Waals surface area contributed by atoms with Crippen molar-refractivity contribution in [2.45, 2.75) is 23.6 Å². The molecule has 38 heavy (non-hydrogen) atoms. The highest BCUT2D eigenvalue weighted by atomic mass is 35.5. The Kier molecular flexibility index (Phi) is 7.42. The highest BCUT2D eigenvalue weighted by Crippen LogP contribution is 2.33. The SMILES string of the molecule is Cc1cc(/C=C2/SC(=Nc3cccc(Cl)c3)NC2=O)c(C)n1-c1ccc(Sc2ccc([N+](=O)[O-])cc2)cc1. The molecule has 2 heterocycles. The van der Waals surface area contributed by atoms with Crippen molar-refractivity contribution in [3.8, 4) is 5.69 Å². The van der Waals surface area contributed by atoms with Crippen molar-refractivity contribution in [2.75, 3.05) is 0 Å². The Hall–Kier alpha value is -3.79. The van der Waals surface area contributed by atoms with Crippen LogP contribution in [0.5, 0.6) is 0 Å². The molecule has 1 fully saturated rings. The summed E-state index contributed by atoms with van der Waals surface area (Å²) in [5.74, 6) is -0.187. The number of aromatic nitrogens is 1. The summed E-state index contributed by atoms with van der Waals surface area (Å²) in [5, 5.41) is 14.8. The average Bonchev–Trinajstić information content (AvgIpc) is 3.37. The van der Waals surface area contributed by atoms with Gasteiger partial charge in [-0.3, -0.25) is 14.9 Å². The van der Waals surface area contributed by atoms with E-state index in [0.29, 0.717) is 20.8 Å². The Morgan fingerprint density at radius 3 is 2.37 bits per heavy atom. The van der Waals surface area contributed by atoms with Crippen LogP contribution in [0.3, 0.4) is 0 Å². The topological polar surface area (TPSA) is 89.5 Å². The van der Waals surface area contributed by atoms with E-state index in [2.05, 4.69) is 20.9 Å². The minimum atomic E-state index is -0.402. The van der Waals surface area contributed by atoms with Crippen LogP contribution in [0.2, 0.25) is 5.02 Å². The second kappa shape index (κ2) is 10.9. The molecule has 0 atom stereocenters. The van der Waals surface area contributed by atoms with Crippen LogP contribution in [0.25, 0.3) is 11.8 Å². The van der Waals surface area contributed by atoms with Gasteiger partial charge in [0.1, 0.15) is 0 Å². The van der Waals surface area contributed by atoms with Crippen LogP contribution in [-0.4, -0.2) is 20.6 Å². The Labute approximate surface area is 232 Å². The predicted molar refractivity (Wildman–Crippen MR) is 155 cm³/mol. The fraction of sp³-hybridized carbons (Fsp3) is 0.0714. The van der Waals surface area contributed by atoms with Gasteiger partial charge in [-0.2, -0.15) is 0 Å². The van der Waals surface area contributed by atoms with Crippen molar-refractivity contribution in [1.82, 2.24) is 9.88 Å². The number of nitro benzene ring substituents is 1. The number of benzene rings is 3. The number of nitro groups is 1. The molecular weight excluding hydrogens is 540 g/mol. The fourth-order valence-electron chi connectivity index (χ4n) is 4.05. The monoisotopic (exact) mass is 560 g/mol. The second-order valence-electron chi connectivity index (χ2n) is 8.47. The molecule has 7 nitrogen and oxygen atoms in total. The highest BCUT2D eigenvalue weighted by molar-refractivity contribution is 8.18. The molecule has 5 rings (SSSR count). The van der Waals surface area contributed by atoms with E-state index in [9.17, 15) is 14.9 Å². The molecule has 10 heteroatoms.